The lowest BCUT2D eigenvalue weighted by Crippen LogP contribution is -2.41. The molecule has 9 rings (SSSR count). The molecule has 3 bridgehead atoms. The smallest absolute Gasteiger partial charge is 0.0784 e. The van der Waals surface area contributed by atoms with Crippen molar-refractivity contribution in [1.82, 2.24) is 4.98 Å². The van der Waals surface area contributed by atoms with E-state index in [0.717, 1.165) is 23.7 Å². The van der Waals surface area contributed by atoms with Gasteiger partial charge in [-0.1, -0.05) is 42.5 Å². The zero-order valence-corrected chi connectivity index (χ0v) is 17.0. The average Bonchev–Trinajstić information content (AvgIpc) is 3.34. The van der Waals surface area contributed by atoms with E-state index in [9.17, 15) is 0 Å². The lowest BCUT2D eigenvalue weighted by atomic mass is 9.56. The van der Waals surface area contributed by atoms with Crippen molar-refractivity contribution in [3.8, 4) is 22.3 Å². The van der Waals surface area contributed by atoms with Gasteiger partial charge < -0.3 is 0 Å². The standard InChI is InChI=1S/C29H23N/c1-2-5-20-19(4-1)21-6-3-7-22-27(21)23(20)11-24-26-16-9-18-10-17-8-15(12-29(17,18)13-16)25(26)14-30-28(22)24/h1-7,11,14-18H,8-10,12-13H2. The van der Waals surface area contributed by atoms with Gasteiger partial charge in [0.05, 0.1) is 5.52 Å². The molecular weight excluding hydrogens is 362 g/mol. The second-order valence-electron chi connectivity index (χ2n) is 10.9. The lowest BCUT2D eigenvalue weighted by molar-refractivity contribution is 0.00322. The van der Waals surface area contributed by atoms with E-state index in [2.05, 4.69) is 54.7 Å². The Balaban J connectivity index is 1.44. The van der Waals surface area contributed by atoms with Crippen LogP contribution in [0.5, 0.6) is 0 Å². The Hall–Kier alpha value is -2.67. The number of rotatable bonds is 0. The van der Waals surface area contributed by atoms with Crippen molar-refractivity contribution >= 4 is 21.7 Å². The van der Waals surface area contributed by atoms with E-state index in [1.165, 1.54) is 76.0 Å². The van der Waals surface area contributed by atoms with E-state index in [1.54, 1.807) is 11.1 Å². The quantitative estimate of drug-likeness (QED) is 0.253. The third-order valence-electron chi connectivity index (χ3n) is 10.0. The van der Waals surface area contributed by atoms with Crippen LogP contribution in [0.2, 0.25) is 0 Å². The third kappa shape index (κ3) is 1.46. The maximum Gasteiger partial charge on any atom is 0.0784 e. The number of hydrogen-bond donors (Lipinski definition) is 0. The van der Waals surface area contributed by atoms with Gasteiger partial charge in [0, 0.05) is 17.0 Å². The molecule has 5 aliphatic rings. The fourth-order valence-electron chi connectivity index (χ4n) is 8.97. The van der Waals surface area contributed by atoms with Crippen LogP contribution in [0.1, 0.15) is 55.1 Å². The fraction of sp³-hybridized carbons (Fsp3) is 0.345. The van der Waals surface area contributed by atoms with E-state index in [4.69, 9.17) is 4.98 Å². The van der Waals surface area contributed by atoms with Gasteiger partial charge in [-0.15, -0.1) is 0 Å². The van der Waals surface area contributed by atoms with E-state index in [1.807, 2.05) is 0 Å². The van der Waals surface area contributed by atoms with Crippen LogP contribution < -0.4 is 0 Å². The molecule has 1 heterocycles. The summed E-state index contributed by atoms with van der Waals surface area (Å²) in [5.41, 5.74) is 10.9. The third-order valence-corrected chi connectivity index (χ3v) is 10.0. The summed E-state index contributed by atoms with van der Waals surface area (Å²) < 4.78 is 0. The Kier molecular flexibility index (Phi) is 2.35. The molecule has 144 valence electrons. The summed E-state index contributed by atoms with van der Waals surface area (Å²) in [5, 5.41) is 4.24. The zero-order valence-electron chi connectivity index (χ0n) is 17.0. The van der Waals surface area contributed by atoms with Gasteiger partial charge >= 0.3 is 0 Å². The molecule has 1 aromatic heterocycles. The van der Waals surface area contributed by atoms with Gasteiger partial charge in [-0.05, 0) is 106 Å². The minimum atomic E-state index is 0.702. The minimum absolute atomic E-state index is 0.702. The number of pyridine rings is 1. The minimum Gasteiger partial charge on any atom is -0.255 e. The Labute approximate surface area is 176 Å². The van der Waals surface area contributed by atoms with Crippen molar-refractivity contribution in [3.63, 3.8) is 0 Å². The monoisotopic (exact) mass is 385 g/mol. The molecule has 0 aliphatic heterocycles. The summed E-state index contributed by atoms with van der Waals surface area (Å²) in [6.07, 6.45) is 9.57. The highest BCUT2D eigenvalue weighted by molar-refractivity contribution is 6.23. The Bertz CT molecular complexity index is 1460. The van der Waals surface area contributed by atoms with Crippen molar-refractivity contribution in [2.45, 2.75) is 43.9 Å². The molecule has 3 saturated carbocycles. The van der Waals surface area contributed by atoms with E-state index in [-0.39, 0.29) is 0 Å². The summed E-state index contributed by atoms with van der Waals surface area (Å²) in [5.74, 6) is 3.55. The first kappa shape index (κ1) is 15.2. The second kappa shape index (κ2) is 4.64. The van der Waals surface area contributed by atoms with E-state index in [0.29, 0.717) is 5.41 Å². The summed E-state index contributed by atoms with van der Waals surface area (Å²) in [4.78, 5) is 5.17. The first-order valence-corrected chi connectivity index (χ1v) is 11.8. The van der Waals surface area contributed by atoms with Crippen LogP contribution in [-0.4, -0.2) is 4.98 Å². The molecule has 0 radical (unpaired) electrons. The number of aromatic nitrogens is 1. The highest BCUT2D eigenvalue weighted by Crippen LogP contribution is 2.76. The average molecular weight is 386 g/mol. The summed E-state index contributed by atoms with van der Waals surface area (Å²) in [6, 6.07) is 18.3. The molecule has 30 heavy (non-hydrogen) atoms. The van der Waals surface area contributed by atoms with Crippen LogP contribution in [0.4, 0.5) is 0 Å². The molecule has 1 nitrogen and oxygen atoms in total. The predicted octanol–water partition coefficient (Wildman–Crippen LogP) is 7.43. The molecule has 1 heteroatoms. The second-order valence-corrected chi connectivity index (χ2v) is 10.9. The van der Waals surface area contributed by atoms with Crippen LogP contribution in [0.25, 0.3) is 43.9 Å². The van der Waals surface area contributed by atoms with Crippen molar-refractivity contribution in [1.29, 1.82) is 0 Å². The van der Waals surface area contributed by atoms with E-state index >= 15 is 0 Å². The molecule has 5 atom stereocenters. The molecule has 0 saturated heterocycles. The maximum absolute atomic E-state index is 5.17. The van der Waals surface area contributed by atoms with Gasteiger partial charge in [0.1, 0.15) is 0 Å². The molecular formula is C29H23N. The van der Waals surface area contributed by atoms with Crippen molar-refractivity contribution in [2.24, 2.45) is 17.3 Å². The highest BCUT2D eigenvalue weighted by Gasteiger charge is 2.65. The van der Waals surface area contributed by atoms with Crippen LogP contribution >= 0.6 is 0 Å². The van der Waals surface area contributed by atoms with Gasteiger partial charge in [0.2, 0.25) is 0 Å². The number of nitrogens with zero attached hydrogens (tertiary/aromatic N) is 1. The van der Waals surface area contributed by atoms with Gasteiger partial charge in [-0.2, -0.15) is 0 Å². The normalized spacial score (nSPS) is 33.5. The maximum atomic E-state index is 5.17. The molecule has 0 N–H and O–H groups in total. The first-order chi connectivity index (χ1) is 14.8. The van der Waals surface area contributed by atoms with E-state index < -0.39 is 0 Å². The molecule has 0 amide bonds. The molecule has 5 unspecified atom stereocenters. The number of benzene rings is 3. The topological polar surface area (TPSA) is 12.9 Å². The Morgan fingerprint density at radius 2 is 1.50 bits per heavy atom. The SMILES string of the molecule is c1ccc2c(c1)-c1cccc3c1c-2cc1c2c(cnc13)C1CC3CC4CC2CC34C1. The van der Waals surface area contributed by atoms with Crippen LogP contribution in [0.15, 0.2) is 54.7 Å². The molecule has 5 aliphatic carbocycles. The Morgan fingerprint density at radius 1 is 0.733 bits per heavy atom. The molecule has 1 spiro atoms. The van der Waals surface area contributed by atoms with Gasteiger partial charge in [0.25, 0.3) is 0 Å². The highest BCUT2D eigenvalue weighted by atomic mass is 14.7. The summed E-state index contributed by atoms with van der Waals surface area (Å²) >= 11 is 0. The van der Waals surface area contributed by atoms with Crippen LogP contribution in [-0.2, 0) is 0 Å². The molecule has 3 fully saturated rings. The number of fused-ring (bicyclic) bond motifs is 11. The summed E-state index contributed by atoms with van der Waals surface area (Å²) in [6.45, 7) is 0. The predicted molar refractivity (Wildman–Crippen MR) is 122 cm³/mol. The van der Waals surface area contributed by atoms with Crippen LogP contribution in [0.3, 0.4) is 0 Å². The number of hydrogen-bond acceptors (Lipinski definition) is 1. The zero-order chi connectivity index (χ0) is 19.2. The Morgan fingerprint density at radius 3 is 2.40 bits per heavy atom. The molecule has 4 aromatic rings. The van der Waals surface area contributed by atoms with Crippen molar-refractivity contribution in [2.75, 3.05) is 0 Å². The summed E-state index contributed by atoms with van der Waals surface area (Å²) in [7, 11) is 0. The molecule has 3 aromatic carbocycles. The van der Waals surface area contributed by atoms with Gasteiger partial charge in [-0.25, -0.2) is 0 Å². The fourth-order valence-corrected chi connectivity index (χ4v) is 8.97. The first-order valence-electron chi connectivity index (χ1n) is 11.8. The van der Waals surface area contributed by atoms with Crippen molar-refractivity contribution < 1.29 is 0 Å². The largest absolute Gasteiger partial charge is 0.255 e. The van der Waals surface area contributed by atoms with Crippen molar-refractivity contribution in [3.05, 3.63) is 65.9 Å². The van der Waals surface area contributed by atoms with Crippen LogP contribution in [0, 0.1) is 17.3 Å². The van der Waals surface area contributed by atoms with Gasteiger partial charge in [0.15, 0.2) is 0 Å². The lowest BCUT2D eigenvalue weighted by Gasteiger charge is -2.48. The van der Waals surface area contributed by atoms with Gasteiger partial charge in [-0.3, -0.25) is 4.98 Å².